The van der Waals surface area contributed by atoms with E-state index in [1.165, 1.54) is 6.42 Å². The summed E-state index contributed by atoms with van der Waals surface area (Å²) >= 11 is 0. The van der Waals surface area contributed by atoms with Crippen molar-refractivity contribution in [2.24, 2.45) is 11.8 Å². The summed E-state index contributed by atoms with van der Waals surface area (Å²) in [5, 5.41) is 0. The van der Waals surface area contributed by atoms with Crippen molar-refractivity contribution in [2.75, 3.05) is 13.2 Å². The molecule has 1 rings (SSSR count). The van der Waals surface area contributed by atoms with Crippen molar-refractivity contribution in [1.29, 1.82) is 0 Å². The SMILES string of the molecule is CC1COC[C@@H](C)C1. The lowest BCUT2D eigenvalue weighted by Gasteiger charge is -2.23. The molecule has 1 heteroatoms. The van der Waals surface area contributed by atoms with E-state index >= 15 is 0 Å². The third-order valence-corrected chi connectivity index (χ3v) is 1.61. The van der Waals surface area contributed by atoms with Crippen LogP contribution in [0.1, 0.15) is 20.3 Å². The molecule has 1 heterocycles. The van der Waals surface area contributed by atoms with Gasteiger partial charge in [0.05, 0.1) is 0 Å². The lowest BCUT2D eigenvalue weighted by molar-refractivity contribution is 0.0274. The van der Waals surface area contributed by atoms with Crippen molar-refractivity contribution in [3.05, 3.63) is 0 Å². The first kappa shape index (κ1) is 6.09. The second kappa shape index (κ2) is 2.49. The number of rotatable bonds is 0. The van der Waals surface area contributed by atoms with E-state index in [1.54, 1.807) is 0 Å². The Kier molecular flexibility index (Phi) is 1.90. The van der Waals surface area contributed by atoms with Gasteiger partial charge >= 0.3 is 0 Å². The Morgan fingerprint density at radius 3 is 1.88 bits per heavy atom. The quantitative estimate of drug-likeness (QED) is 0.465. The van der Waals surface area contributed by atoms with E-state index in [4.69, 9.17) is 4.74 Å². The van der Waals surface area contributed by atoms with Gasteiger partial charge in [0.15, 0.2) is 0 Å². The minimum absolute atomic E-state index is 0.791. The summed E-state index contributed by atoms with van der Waals surface area (Å²) < 4.78 is 5.29. The predicted octanol–water partition coefficient (Wildman–Crippen LogP) is 1.68. The second-order valence-electron chi connectivity index (χ2n) is 2.98. The third kappa shape index (κ3) is 1.48. The molecule has 0 saturated carbocycles. The van der Waals surface area contributed by atoms with Crippen LogP contribution in [0.4, 0.5) is 0 Å². The molecule has 48 valence electrons. The lowest BCUT2D eigenvalue weighted by Crippen LogP contribution is -2.21. The highest BCUT2D eigenvalue weighted by Gasteiger charge is 2.14. The summed E-state index contributed by atoms with van der Waals surface area (Å²) in [4.78, 5) is 0. The van der Waals surface area contributed by atoms with Gasteiger partial charge in [-0.25, -0.2) is 0 Å². The van der Waals surface area contributed by atoms with Gasteiger partial charge in [0, 0.05) is 13.2 Å². The Bertz CT molecular complexity index is 62.8. The number of hydrogen-bond donors (Lipinski definition) is 0. The first-order chi connectivity index (χ1) is 3.79. The molecule has 0 spiro atoms. The average Bonchev–Trinajstić information content (AvgIpc) is 1.64. The van der Waals surface area contributed by atoms with Crippen LogP contribution in [0.5, 0.6) is 0 Å². The minimum atomic E-state index is 0.791. The monoisotopic (exact) mass is 114 g/mol. The zero-order valence-electron chi connectivity index (χ0n) is 5.68. The van der Waals surface area contributed by atoms with Gasteiger partial charge in [-0.2, -0.15) is 0 Å². The highest BCUT2D eigenvalue weighted by molar-refractivity contribution is 4.62. The van der Waals surface area contributed by atoms with Crippen LogP contribution in [0.2, 0.25) is 0 Å². The van der Waals surface area contributed by atoms with Crippen LogP contribution in [0.25, 0.3) is 0 Å². The van der Waals surface area contributed by atoms with Gasteiger partial charge in [0.1, 0.15) is 0 Å². The van der Waals surface area contributed by atoms with E-state index < -0.39 is 0 Å². The summed E-state index contributed by atoms with van der Waals surface area (Å²) in [5.74, 6) is 1.58. The highest BCUT2D eigenvalue weighted by Crippen LogP contribution is 2.17. The minimum Gasteiger partial charge on any atom is -0.381 e. The van der Waals surface area contributed by atoms with Crippen LogP contribution in [0, 0.1) is 11.8 Å². The largest absolute Gasteiger partial charge is 0.381 e. The number of ether oxygens (including phenoxy) is 1. The van der Waals surface area contributed by atoms with E-state index in [1.807, 2.05) is 0 Å². The van der Waals surface area contributed by atoms with Gasteiger partial charge in [0.25, 0.3) is 0 Å². The molecule has 0 N–H and O–H groups in total. The molecule has 1 unspecified atom stereocenters. The summed E-state index contributed by atoms with van der Waals surface area (Å²) in [5.41, 5.74) is 0. The maximum Gasteiger partial charge on any atom is 0.0491 e. The molecule has 1 aliphatic heterocycles. The fraction of sp³-hybridized carbons (Fsp3) is 1.00. The van der Waals surface area contributed by atoms with Crippen molar-refractivity contribution in [2.45, 2.75) is 20.3 Å². The number of hydrogen-bond acceptors (Lipinski definition) is 1. The Morgan fingerprint density at radius 1 is 1.12 bits per heavy atom. The molecule has 1 nitrogen and oxygen atoms in total. The van der Waals surface area contributed by atoms with E-state index in [-0.39, 0.29) is 0 Å². The van der Waals surface area contributed by atoms with Gasteiger partial charge in [-0.15, -0.1) is 0 Å². The molecule has 0 aromatic rings. The standard InChI is InChI=1S/C7H14O/c1-6-3-7(2)5-8-4-6/h6-7H,3-5H2,1-2H3/t6-,7?/m0/s1. The maximum absolute atomic E-state index is 5.29. The predicted molar refractivity (Wildman–Crippen MR) is 33.8 cm³/mol. The molecule has 1 saturated heterocycles. The smallest absolute Gasteiger partial charge is 0.0491 e. The molecular formula is C7H14O. The maximum atomic E-state index is 5.29. The van der Waals surface area contributed by atoms with Gasteiger partial charge in [0.2, 0.25) is 0 Å². The van der Waals surface area contributed by atoms with Crippen LogP contribution >= 0.6 is 0 Å². The van der Waals surface area contributed by atoms with Crippen molar-refractivity contribution in [1.82, 2.24) is 0 Å². The third-order valence-electron chi connectivity index (χ3n) is 1.61. The first-order valence-corrected chi connectivity index (χ1v) is 3.37. The molecule has 0 aliphatic carbocycles. The van der Waals surface area contributed by atoms with E-state index in [9.17, 15) is 0 Å². The summed E-state index contributed by atoms with van der Waals surface area (Å²) in [7, 11) is 0. The van der Waals surface area contributed by atoms with E-state index in [2.05, 4.69) is 13.8 Å². The average molecular weight is 114 g/mol. The molecule has 2 atom stereocenters. The molecular weight excluding hydrogens is 100 g/mol. The van der Waals surface area contributed by atoms with Gasteiger partial charge in [-0.3, -0.25) is 0 Å². The van der Waals surface area contributed by atoms with Crippen molar-refractivity contribution >= 4 is 0 Å². The molecule has 1 fully saturated rings. The zero-order chi connectivity index (χ0) is 5.98. The van der Waals surface area contributed by atoms with Crippen LogP contribution in [0.15, 0.2) is 0 Å². The van der Waals surface area contributed by atoms with Crippen LogP contribution in [-0.4, -0.2) is 13.2 Å². The lowest BCUT2D eigenvalue weighted by atomic mass is 9.96. The molecule has 0 aromatic heterocycles. The normalized spacial score (nSPS) is 39.8. The van der Waals surface area contributed by atoms with Crippen LogP contribution in [-0.2, 0) is 4.74 Å². The molecule has 0 aromatic carbocycles. The Hall–Kier alpha value is -0.0400. The Morgan fingerprint density at radius 2 is 1.62 bits per heavy atom. The van der Waals surface area contributed by atoms with Gasteiger partial charge < -0.3 is 4.74 Å². The Balaban J connectivity index is 2.23. The van der Waals surface area contributed by atoms with Gasteiger partial charge in [-0.05, 0) is 18.3 Å². The Labute approximate surface area is 51.0 Å². The molecule has 0 bridgehead atoms. The zero-order valence-corrected chi connectivity index (χ0v) is 5.68. The summed E-state index contributed by atoms with van der Waals surface area (Å²) in [6.45, 7) is 6.44. The van der Waals surface area contributed by atoms with Crippen molar-refractivity contribution in [3.63, 3.8) is 0 Å². The van der Waals surface area contributed by atoms with E-state index in [0.717, 1.165) is 25.0 Å². The fourth-order valence-corrected chi connectivity index (χ4v) is 1.29. The molecule has 0 amide bonds. The highest BCUT2D eigenvalue weighted by atomic mass is 16.5. The van der Waals surface area contributed by atoms with Gasteiger partial charge in [-0.1, -0.05) is 13.8 Å². The molecule has 8 heavy (non-hydrogen) atoms. The molecule has 1 aliphatic rings. The summed E-state index contributed by atoms with van der Waals surface area (Å²) in [6.07, 6.45) is 1.35. The summed E-state index contributed by atoms with van der Waals surface area (Å²) in [6, 6.07) is 0. The molecule has 0 radical (unpaired) electrons. The van der Waals surface area contributed by atoms with Crippen LogP contribution < -0.4 is 0 Å². The van der Waals surface area contributed by atoms with Crippen molar-refractivity contribution in [3.8, 4) is 0 Å². The first-order valence-electron chi connectivity index (χ1n) is 3.37. The van der Waals surface area contributed by atoms with Crippen LogP contribution in [0.3, 0.4) is 0 Å². The fourth-order valence-electron chi connectivity index (χ4n) is 1.29. The topological polar surface area (TPSA) is 9.23 Å². The second-order valence-corrected chi connectivity index (χ2v) is 2.98. The van der Waals surface area contributed by atoms with Crippen molar-refractivity contribution < 1.29 is 4.74 Å². The van der Waals surface area contributed by atoms with E-state index in [0.29, 0.717) is 0 Å².